The van der Waals surface area contributed by atoms with Gasteiger partial charge in [0.1, 0.15) is 0 Å². The number of carbonyl (C=O) groups is 2. The third-order valence-electron chi connectivity index (χ3n) is 3.94. The van der Waals surface area contributed by atoms with Gasteiger partial charge in [0, 0.05) is 39.1 Å². The standard InChI is InChI=1S/C12H21N3O5S/c1-9(16)13-11-4-6-15(8-11)21(19,20)14-5-2-3-10(7-14)12(17)18/h10-11H,2-8H2,1H3,(H,13,16)(H,17,18). The number of hydrogen-bond acceptors (Lipinski definition) is 4. The highest BCUT2D eigenvalue weighted by molar-refractivity contribution is 7.86. The highest BCUT2D eigenvalue weighted by Crippen LogP contribution is 2.23. The van der Waals surface area contributed by atoms with Crippen LogP contribution in [-0.4, -0.2) is 66.2 Å². The monoisotopic (exact) mass is 319 g/mol. The van der Waals surface area contributed by atoms with Gasteiger partial charge in [-0.1, -0.05) is 0 Å². The van der Waals surface area contributed by atoms with E-state index in [1.807, 2.05) is 0 Å². The van der Waals surface area contributed by atoms with Crippen molar-refractivity contribution in [2.75, 3.05) is 26.2 Å². The summed E-state index contributed by atoms with van der Waals surface area (Å²) in [6, 6.07) is -0.169. The number of carboxylic acid groups (broad SMARTS) is 1. The highest BCUT2D eigenvalue weighted by Gasteiger charge is 2.39. The predicted molar refractivity (Wildman–Crippen MR) is 74.6 cm³/mol. The van der Waals surface area contributed by atoms with Crippen LogP contribution < -0.4 is 5.32 Å². The van der Waals surface area contributed by atoms with Crippen LogP contribution in [0.25, 0.3) is 0 Å². The Morgan fingerprint density at radius 3 is 2.43 bits per heavy atom. The van der Waals surface area contributed by atoms with E-state index in [0.29, 0.717) is 32.4 Å². The molecule has 21 heavy (non-hydrogen) atoms. The average Bonchev–Trinajstić information content (AvgIpc) is 2.87. The van der Waals surface area contributed by atoms with Gasteiger partial charge >= 0.3 is 5.97 Å². The maximum atomic E-state index is 12.5. The van der Waals surface area contributed by atoms with Crippen molar-refractivity contribution < 1.29 is 23.1 Å². The molecule has 0 aromatic carbocycles. The van der Waals surface area contributed by atoms with Gasteiger partial charge in [0.15, 0.2) is 0 Å². The molecule has 0 aromatic heterocycles. The van der Waals surface area contributed by atoms with Gasteiger partial charge in [-0.15, -0.1) is 0 Å². The van der Waals surface area contributed by atoms with Crippen LogP contribution in [0.5, 0.6) is 0 Å². The van der Waals surface area contributed by atoms with Crippen LogP contribution in [0, 0.1) is 5.92 Å². The van der Waals surface area contributed by atoms with Gasteiger partial charge in [-0.25, -0.2) is 0 Å². The summed E-state index contributed by atoms with van der Waals surface area (Å²) >= 11 is 0. The van der Waals surface area contributed by atoms with Crippen molar-refractivity contribution in [3.8, 4) is 0 Å². The van der Waals surface area contributed by atoms with Crippen molar-refractivity contribution in [3.63, 3.8) is 0 Å². The molecule has 2 fully saturated rings. The summed E-state index contributed by atoms with van der Waals surface area (Å²) in [5.74, 6) is -1.77. The van der Waals surface area contributed by atoms with Crippen LogP contribution >= 0.6 is 0 Å². The first-order valence-corrected chi connectivity index (χ1v) is 8.45. The van der Waals surface area contributed by atoms with Gasteiger partial charge in [0.05, 0.1) is 5.92 Å². The van der Waals surface area contributed by atoms with E-state index in [-0.39, 0.29) is 25.0 Å². The van der Waals surface area contributed by atoms with Crippen molar-refractivity contribution >= 4 is 22.1 Å². The van der Waals surface area contributed by atoms with Gasteiger partial charge in [-0.05, 0) is 19.3 Å². The average molecular weight is 319 g/mol. The molecule has 2 unspecified atom stereocenters. The SMILES string of the molecule is CC(=O)NC1CCN(S(=O)(=O)N2CCCC(C(=O)O)C2)C1. The maximum Gasteiger partial charge on any atom is 0.307 e. The first kappa shape index (κ1) is 16.2. The second kappa shape index (κ2) is 6.29. The minimum atomic E-state index is -3.64. The Bertz CT molecular complexity index is 521. The van der Waals surface area contributed by atoms with Crippen LogP contribution in [0.15, 0.2) is 0 Å². The normalized spacial score (nSPS) is 28.4. The van der Waals surface area contributed by atoms with E-state index in [2.05, 4.69) is 5.32 Å². The number of carbonyl (C=O) groups excluding carboxylic acids is 1. The zero-order chi connectivity index (χ0) is 15.6. The summed E-state index contributed by atoms with van der Waals surface area (Å²) < 4.78 is 27.7. The van der Waals surface area contributed by atoms with Gasteiger partial charge < -0.3 is 10.4 Å². The molecule has 2 aliphatic rings. The fourth-order valence-corrected chi connectivity index (χ4v) is 4.62. The number of piperidine rings is 1. The van der Waals surface area contributed by atoms with E-state index in [9.17, 15) is 18.0 Å². The minimum Gasteiger partial charge on any atom is -0.481 e. The molecule has 0 bridgehead atoms. The van der Waals surface area contributed by atoms with Gasteiger partial charge in [-0.3, -0.25) is 9.59 Å². The first-order valence-electron chi connectivity index (χ1n) is 7.06. The zero-order valence-electron chi connectivity index (χ0n) is 12.0. The quantitative estimate of drug-likeness (QED) is 0.708. The fourth-order valence-electron chi connectivity index (χ4n) is 2.86. The van der Waals surface area contributed by atoms with E-state index in [4.69, 9.17) is 5.11 Å². The van der Waals surface area contributed by atoms with Crippen LogP contribution in [-0.2, 0) is 19.8 Å². The summed E-state index contributed by atoms with van der Waals surface area (Å²) in [5, 5.41) is 11.8. The Kier molecular flexibility index (Phi) is 4.84. The molecule has 0 radical (unpaired) electrons. The largest absolute Gasteiger partial charge is 0.481 e. The lowest BCUT2D eigenvalue weighted by Crippen LogP contribution is -2.49. The lowest BCUT2D eigenvalue weighted by molar-refractivity contribution is -0.142. The Balaban J connectivity index is 2.01. The zero-order valence-corrected chi connectivity index (χ0v) is 12.8. The van der Waals surface area contributed by atoms with Crippen LogP contribution in [0.2, 0.25) is 0 Å². The third-order valence-corrected chi connectivity index (χ3v) is 5.91. The predicted octanol–water partition coefficient (Wildman–Crippen LogP) is -0.762. The molecular formula is C12H21N3O5S. The van der Waals surface area contributed by atoms with E-state index in [1.54, 1.807) is 0 Å². The topological polar surface area (TPSA) is 107 Å². The number of carboxylic acids is 1. The maximum absolute atomic E-state index is 12.5. The minimum absolute atomic E-state index is 0.0268. The molecule has 0 aliphatic carbocycles. The van der Waals surface area contributed by atoms with E-state index < -0.39 is 22.1 Å². The van der Waals surface area contributed by atoms with E-state index >= 15 is 0 Å². The Labute approximate surface area is 124 Å². The second-order valence-corrected chi connectivity index (χ2v) is 7.52. The highest BCUT2D eigenvalue weighted by atomic mass is 32.2. The summed E-state index contributed by atoms with van der Waals surface area (Å²) in [6.45, 7) is 2.38. The number of amides is 1. The number of aliphatic carboxylic acids is 1. The molecule has 0 spiro atoms. The smallest absolute Gasteiger partial charge is 0.307 e. The number of nitrogens with one attached hydrogen (secondary N) is 1. The molecule has 9 heteroatoms. The summed E-state index contributed by atoms with van der Waals surface area (Å²) in [6.07, 6.45) is 1.64. The second-order valence-electron chi connectivity index (χ2n) is 5.59. The summed E-state index contributed by atoms with van der Waals surface area (Å²) in [7, 11) is -3.64. The molecule has 2 heterocycles. The lowest BCUT2D eigenvalue weighted by Gasteiger charge is -2.32. The summed E-state index contributed by atoms with van der Waals surface area (Å²) in [5.41, 5.74) is 0. The van der Waals surface area contributed by atoms with Crippen molar-refractivity contribution in [1.82, 2.24) is 13.9 Å². The Morgan fingerprint density at radius 2 is 1.81 bits per heavy atom. The molecule has 2 atom stereocenters. The molecule has 0 aromatic rings. The molecular weight excluding hydrogens is 298 g/mol. The van der Waals surface area contributed by atoms with Crippen LogP contribution in [0.1, 0.15) is 26.2 Å². The van der Waals surface area contributed by atoms with Crippen LogP contribution in [0.4, 0.5) is 0 Å². The van der Waals surface area contributed by atoms with Crippen molar-refractivity contribution in [1.29, 1.82) is 0 Å². The lowest BCUT2D eigenvalue weighted by atomic mass is 10.0. The molecule has 2 rings (SSSR count). The molecule has 8 nitrogen and oxygen atoms in total. The molecule has 0 saturated carbocycles. The van der Waals surface area contributed by atoms with Gasteiger partial charge in [0.2, 0.25) is 5.91 Å². The first-order chi connectivity index (χ1) is 9.80. The number of rotatable bonds is 4. The molecule has 2 N–H and O–H groups in total. The van der Waals surface area contributed by atoms with Crippen LogP contribution in [0.3, 0.4) is 0 Å². The van der Waals surface area contributed by atoms with Gasteiger partial charge in [-0.2, -0.15) is 17.0 Å². The Morgan fingerprint density at radius 1 is 1.14 bits per heavy atom. The molecule has 2 saturated heterocycles. The number of nitrogens with zero attached hydrogens (tertiary/aromatic N) is 2. The summed E-state index contributed by atoms with van der Waals surface area (Å²) in [4.78, 5) is 22.1. The van der Waals surface area contributed by atoms with E-state index in [1.165, 1.54) is 15.5 Å². The van der Waals surface area contributed by atoms with Gasteiger partial charge in [0.25, 0.3) is 10.2 Å². The molecule has 2 aliphatic heterocycles. The van der Waals surface area contributed by atoms with Crippen molar-refractivity contribution in [2.45, 2.75) is 32.2 Å². The van der Waals surface area contributed by atoms with Crippen molar-refractivity contribution in [2.24, 2.45) is 5.92 Å². The fraction of sp³-hybridized carbons (Fsp3) is 0.833. The Hall–Kier alpha value is -1.19. The van der Waals surface area contributed by atoms with Crippen molar-refractivity contribution in [3.05, 3.63) is 0 Å². The molecule has 1 amide bonds. The van der Waals surface area contributed by atoms with E-state index in [0.717, 1.165) is 0 Å². The molecule has 120 valence electrons. The third kappa shape index (κ3) is 3.72. The number of hydrogen-bond donors (Lipinski definition) is 2.